The first kappa shape index (κ1) is 6.88. The van der Waals surface area contributed by atoms with E-state index in [-0.39, 0.29) is 13.2 Å². The van der Waals surface area contributed by atoms with Crippen LogP contribution in [0.1, 0.15) is 0 Å². The van der Waals surface area contributed by atoms with Crippen molar-refractivity contribution >= 4 is 0 Å². The predicted octanol–water partition coefficient (Wildman–Crippen LogP) is -0.548. The molecule has 3 heteroatoms. The zero-order valence-corrected chi connectivity index (χ0v) is 4.09. The molecule has 0 atom stereocenters. The first-order chi connectivity index (χ1) is 3.41. The molecule has 0 aromatic rings. The Bertz CT molecular complexity index is 28.9. The number of hydrogen-bond donors (Lipinski definition) is 0. The molecule has 0 unspecified atom stereocenters. The van der Waals surface area contributed by atoms with Gasteiger partial charge < -0.3 is 0 Å². The molecule has 0 rings (SSSR count). The Morgan fingerprint density at radius 1 is 1.00 bits per heavy atom. The topological polar surface area (TPSA) is 53.9 Å². The maximum Gasteiger partial charge on any atom is 0.0963 e. The van der Waals surface area contributed by atoms with Gasteiger partial charge in [0, 0.05) is 13.1 Å². The van der Waals surface area contributed by atoms with Gasteiger partial charge in [-0.15, -0.1) is 0 Å². The largest absolute Gasteiger partial charge is 0.237 e. The summed E-state index contributed by atoms with van der Waals surface area (Å²) >= 11 is 0. The summed E-state index contributed by atoms with van der Waals surface area (Å²) in [5.74, 6) is 0. The summed E-state index contributed by atoms with van der Waals surface area (Å²) in [6.45, 7) is 0.199. The smallest absolute Gasteiger partial charge is 0.0963 e. The SMILES string of the molecule is [O]CC[N]CC[O]. The van der Waals surface area contributed by atoms with Crippen LogP contribution in [0.5, 0.6) is 0 Å². The molecule has 0 heterocycles. The van der Waals surface area contributed by atoms with Crippen molar-refractivity contribution in [2.75, 3.05) is 26.3 Å². The number of rotatable bonds is 4. The summed E-state index contributed by atoms with van der Waals surface area (Å²) in [5, 5.41) is 22.8. The van der Waals surface area contributed by atoms with Crippen LogP contribution in [0, 0.1) is 0 Å². The number of hydrogen-bond acceptors (Lipinski definition) is 0. The van der Waals surface area contributed by atoms with Gasteiger partial charge in [-0.3, -0.25) is 0 Å². The minimum absolute atomic E-state index is 0.194. The van der Waals surface area contributed by atoms with Crippen molar-refractivity contribution < 1.29 is 10.2 Å². The lowest BCUT2D eigenvalue weighted by Gasteiger charge is -1.89. The quantitative estimate of drug-likeness (QED) is 0.428. The fourth-order valence-electron chi connectivity index (χ4n) is 0.241. The first-order valence-electron chi connectivity index (χ1n) is 2.21. The Hall–Kier alpha value is -0.120. The Balaban J connectivity index is 2.45. The molecular formula is C4H8NO2. The summed E-state index contributed by atoms with van der Waals surface area (Å²) in [7, 11) is 0. The molecule has 0 saturated carbocycles. The third-order valence-electron chi connectivity index (χ3n) is 0.499. The highest BCUT2D eigenvalue weighted by molar-refractivity contribution is 4.38. The van der Waals surface area contributed by atoms with Crippen LogP contribution in [-0.4, -0.2) is 26.3 Å². The first-order valence-corrected chi connectivity index (χ1v) is 2.21. The van der Waals surface area contributed by atoms with Gasteiger partial charge in [-0.2, -0.15) is 0 Å². The Morgan fingerprint density at radius 2 is 1.43 bits per heavy atom. The fraction of sp³-hybridized carbons (Fsp3) is 1.00. The summed E-state index contributed by atoms with van der Waals surface area (Å²) < 4.78 is 0. The van der Waals surface area contributed by atoms with Gasteiger partial charge >= 0.3 is 0 Å². The second kappa shape index (κ2) is 5.88. The highest BCUT2D eigenvalue weighted by atomic mass is 16.3. The Morgan fingerprint density at radius 3 is 1.71 bits per heavy atom. The van der Waals surface area contributed by atoms with E-state index in [1.807, 2.05) is 0 Å². The third-order valence-corrected chi connectivity index (χ3v) is 0.499. The van der Waals surface area contributed by atoms with E-state index in [0.29, 0.717) is 13.1 Å². The lowest BCUT2D eigenvalue weighted by atomic mass is 10.6. The molecule has 3 nitrogen and oxygen atoms in total. The van der Waals surface area contributed by atoms with Crippen LogP contribution in [0.25, 0.3) is 0 Å². The lowest BCUT2D eigenvalue weighted by Crippen LogP contribution is -2.12. The van der Waals surface area contributed by atoms with Crippen molar-refractivity contribution in [1.29, 1.82) is 0 Å². The van der Waals surface area contributed by atoms with Crippen molar-refractivity contribution in [3.05, 3.63) is 0 Å². The average Bonchev–Trinajstić information content (AvgIpc) is 1.69. The molecule has 0 aromatic carbocycles. The van der Waals surface area contributed by atoms with Gasteiger partial charge in [0.05, 0.1) is 13.2 Å². The predicted molar refractivity (Wildman–Crippen MR) is 23.0 cm³/mol. The van der Waals surface area contributed by atoms with Gasteiger partial charge in [0.25, 0.3) is 0 Å². The molecule has 41 valence electrons. The summed E-state index contributed by atoms with van der Waals surface area (Å²) in [4.78, 5) is 0. The maximum absolute atomic E-state index is 9.61. The van der Waals surface area contributed by atoms with E-state index in [1.165, 1.54) is 0 Å². The second-order valence-electron chi connectivity index (χ2n) is 1.08. The minimum atomic E-state index is -0.194. The molecular weight excluding hydrogens is 94.0 g/mol. The average molecular weight is 102 g/mol. The molecule has 0 saturated heterocycles. The highest BCUT2D eigenvalue weighted by Gasteiger charge is 1.82. The van der Waals surface area contributed by atoms with Crippen LogP contribution >= 0.6 is 0 Å². The molecule has 0 N–H and O–H groups in total. The molecule has 0 amide bonds. The molecule has 0 spiro atoms. The van der Waals surface area contributed by atoms with Gasteiger partial charge in [-0.1, -0.05) is 0 Å². The molecule has 0 aliphatic carbocycles. The van der Waals surface area contributed by atoms with E-state index in [1.54, 1.807) is 0 Å². The van der Waals surface area contributed by atoms with E-state index in [0.717, 1.165) is 0 Å². The minimum Gasteiger partial charge on any atom is -0.237 e. The van der Waals surface area contributed by atoms with Crippen molar-refractivity contribution in [1.82, 2.24) is 5.32 Å². The van der Waals surface area contributed by atoms with Crippen LogP contribution in [0.15, 0.2) is 0 Å². The lowest BCUT2D eigenvalue weighted by molar-refractivity contribution is 0.172. The summed E-state index contributed by atoms with van der Waals surface area (Å²) in [6, 6.07) is 0. The van der Waals surface area contributed by atoms with Crippen LogP contribution in [0.3, 0.4) is 0 Å². The standard InChI is InChI=1S/C4H8NO2/c6-3-1-5-2-4-7/h1-4H2. The van der Waals surface area contributed by atoms with Crippen molar-refractivity contribution in [3.63, 3.8) is 0 Å². The third kappa shape index (κ3) is 5.88. The Labute approximate surface area is 43.0 Å². The van der Waals surface area contributed by atoms with E-state index in [4.69, 9.17) is 0 Å². The van der Waals surface area contributed by atoms with E-state index >= 15 is 0 Å². The van der Waals surface area contributed by atoms with Gasteiger partial charge in [-0.25, -0.2) is 15.5 Å². The second-order valence-corrected chi connectivity index (χ2v) is 1.08. The van der Waals surface area contributed by atoms with E-state index in [9.17, 15) is 10.2 Å². The number of nitrogens with zero attached hydrogens (tertiary/aromatic N) is 1. The molecule has 3 radical (unpaired) electrons. The van der Waals surface area contributed by atoms with E-state index < -0.39 is 0 Å². The van der Waals surface area contributed by atoms with Gasteiger partial charge in [-0.05, 0) is 0 Å². The summed E-state index contributed by atoms with van der Waals surface area (Å²) in [6.07, 6.45) is 0. The monoisotopic (exact) mass is 102 g/mol. The zero-order chi connectivity index (χ0) is 5.54. The normalized spacial score (nSPS) is 9.43. The Kier molecular flexibility index (Phi) is 5.78. The fourth-order valence-corrected chi connectivity index (χ4v) is 0.241. The molecule has 0 aliphatic heterocycles. The van der Waals surface area contributed by atoms with E-state index in [2.05, 4.69) is 5.32 Å². The van der Waals surface area contributed by atoms with Crippen LogP contribution in [0.4, 0.5) is 0 Å². The van der Waals surface area contributed by atoms with Gasteiger partial charge in [0.15, 0.2) is 0 Å². The highest BCUT2D eigenvalue weighted by Crippen LogP contribution is 1.59. The molecule has 0 bridgehead atoms. The molecule has 0 fully saturated rings. The van der Waals surface area contributed by atoms with Crippen LogP contribution in [0.2, 0.25) is 0 Å². The maximum atomic E-state index is 9.61. The van der Waals surface area contributed by atoms with Crippen molar-refractivity contribution in [2.45, 2.75) is 0 Å². The molecule has 0 aromatic heterocycles. The van der Waals surface area contributed by atoms with Crippen molar-refractivity contribution in [3.8, 4) is 0 Å². The summed E-state index contributed by atoms with van der Waals surface area (Å²) in [5.41, 5.74) is 0. The van der Waals surface area contributed by atoms with Gasteiger partial charge in [0.1, 0.15) is 0 Å². The zero-order valence-electron chi connectivity index (χ0n) is 4.09. The van der Waals surface area contributed by atoms with Crippen molar-refractivity contribution in [2.24, 2.45) is 0 Å². The molecule has 0 aliphatic rings. The van der Waals surface area contributed by atoms with Gasteiger partial charge in [0.2, 0.25) is 0 Å². The van der Waals surface area contributed by atoms with Crippen LogP contribution < -0.4 is 5.32 Å². The van der Waals surface area contributed by atoms with Crippen LogP contribution in [-0.2, 0) is 10.2 Å². The molecule has 7 heavy (non-hydrogen) atoms.